The van der Waals surface area contributed by atoms with Crippen LogP contribution in [0.4, 0.5) is 13.2 Å². The van der Waals surface area contributed by atoms with Gasteiger partial charge in [-0.1, -0.05) is 12.1 Å². The van der Waals surface area contributed by atoms with Crippen molar-refractivity contribution >= 4 is 24.3 Å². The van der Waals surface area contributed by atoms with Gasteiger partial charge in [-0.3, -0.25) is 0 Å². The van der Waals surface area contributed by atoms with E-state index in [1.807, 2.05) is 4.72 Å². The van der Waals surface area contributed by atoms with E-state index in [1.165, 1.54) is 51.0 Å². The van der Waals surface area contributed by atoms with Gasteiger partial charge in [0, 0.05) is 0 Å². The van der Waals surface area contributed by atoms with E-state index in [2.05, 4.69) is 4.74 Å². The Kier molecular flexibility index (Phi) is 7.31. The maximum atomic E-state index is 14.3. The molecule has 1 rings (SSSR count). The number of hydrogen-bond acceptors (Lipinski definition) is 6. The van der Waals surface area contributed by atoms with Crippen molar-refractivity contribution in [1.29, 1.82) is 0 Å². The fraction of sp³-hybridized carbons (Fsp3) is 0.562. The van der Waals surface area contributed by atoms with Crippen LogP contribution in [-0.4, -0.2) is 55.0 Å². The van der Waals surface area contributed by atoms with Crippen molar-refractivity contribution < 1.29 is 40.3 Å². The van der Waals surface area contributed by atoms with Crippen LogP contribution in [0.5, 0.6) is 5.75 Å². The lowest BCUT2D eigenvalue weighted by atomic mass is 9.88. The molecule has 7 nitrogen and oxygen atoms in total. The van der Waals surface area contributed by atoms with Gasteiger partial charge in [-0.15, -0.1) is 0 Å². The molecule has 0 fully saturated rings. The lowest BCUT2D eigenvalue weighted by Gasteiger charge is -2.43. The molecule has 0 radical (unpaired) electrons. The van der Waals surface area contributed by atoms with Crippen LogP contribution in [0.25, 0.3) is 0 Å². The fourth-order valence-electron chi connectivity index (χ4n) is 2.59. The monoisotopic (exact) mass is 443 g/mol. The Morgan fingerprint density at radius 2 is 1.61 bits per heavy atom. The van der Waals surface area contributed by atoms with Gasteiger partial charge in [0.2, 0.25) is 10.0 Å². The highest BCUT2D eigenvalue weighted by Gasteiger charge is 2.69. The van der Waals surface area contributed by atoms with Crippen LogP contribution in [0.3, 0.4) is 0 Å². The van der Waals surface area contributed by atoms with Crippen molar-refractivity contribution in [3.63, 3.8) is 0 Å². The van der Waals surface area contributed by atoms with Crippen molar-refractivity contribution in [1.82, 2.24) is 4.72 Å². The van der Waals surface area contributed by atoms with Gasteiger partial charge in [0.1, 0.15) is 5.75 Å². The molecule has 0 heterocycles. The highest BCUT2D eigenvalue weighted by atomic mass is 32.2. The number of methoxy groups -OCH3 is 2. The summed E-state index contributed by atoms with van der Waals surface area (Å²) in [6, 6.07) is 3.02. The van der Waals surface area contributed by atoms with E-state index in [0.29, 0.717) is 12.0 Å². The molecule has 1 aromatic carbocycles. The lowest BCUT2D eigenvalue weighted by Crippen LogP contribution is -2.65. The van der Waals surface area contributed by atoms with E-state index in [9.17, 15) is 26.4 Å². The molecule has 160 valence electrons. The zero-order chi connectivity index (χ0) is 22.0. The second-order valence-corrected chi connectivity index (χ2v) is 13.2. The highest BCUT2D eigenvalue weighted by Crippen LogP contribution is 2.46. The Morgan fingerprint density at radius 1 is 1.11 bits per heavy atom. The Labute approximate surface area is 163 Å². The third-order valence-electron chi connectivity index (χ3n) is 3.56. The number of halogens is 3. The zero-order valence-electron chi connectivity index (χ0n) is 16.4. The predicted molar refractivity (Wildman–Crippen MR) is 98.9 cm³/mol. The van der Waals surface area contributed by atoms with Gasteiger partial charge < -0.3 is 13.9 Å². The number of nitrogens with one attached hydrogen (secondary N) is 1. The normalized spacial score (nSPS) is 16.2. The lowest BCUT2D eigenvalue weighted by molar-refractivity contribution is -0.263. The van der Waals surface area contributed by atoms with Crippen LogP contribution in [0.15, 0.2) is 24.3 Å². The van der Waals surface area contributed by atoms with Gasteiger partial charge in [-0.25, -0.2) is 17.9 Å². The zero-order valence-corrected chi connectivity index (χ0v) is 18.2. The van der Waals surface area contributed by atoms with Crippen LogP contribution in [0, 0.1) is 0 Å². The Bertz CT molecular complexity index is 792. The number of benzene rings is 1. The van der Waals surface area contributed by atoms with Crippen molar-refractivity contribution in [2.24, 2.45) is 0 Å². The Hall–Kier alpha value is -1.63. The summed E-state index contributed by atoms with van der Waals surface area (Å²) in [5.74, 6) is -1.41. The second-order valence-electron chi connectivity index (χ2n) is 7.04. The van der Waals surface area contributed by atoms with Gasteiger partial charge in [0.25, 0.3) is 5.60 Å². The largest absolute Gasteiger partial charge is 0.497 e. The Morgan fingerprint density at radius 3 is 1.93 bits per heavy atom. The van der Waals surface area contributed by atoms with E-state index >= 15 is 0 Å². The van der Waals surface area contributed by atoms with Gasteiger partial charge in [-0.05, 0) is 37.3 Å². The first kappa shape index (κ1) is 24.4. The summed E-state index contributed by atoms with van der Waals surface area (Å²) >= 11 is 0. The summed E-state index contributed by atoms with van der Waals surface area (Å²) in [5.41, 5.74) is -3.73. The molecule has 0 bridgehead atoms. The standard InChI is InChI=1S/C16H24F3NO6SSi/c1-24-12-9-7-11(8-10-12)13(20-27(3,22)23)15(14(21)25-2,16(17,18)19)26-28(4,5)6/h7-10,13,20H,1-6H3. The molecular formula is C16H24F3NO6SSi. The number of carbonyl (C=O) groups is 1. The predicted octanol–water partition coefficient (Wildman–Crippen LogP) is 2.61. The van der Waals surface area contributed by atoms with Crippen LogP contribution in [0.1, 0.15) is 11.6 Å². The number of carbonyl (C=O) groups excluding carboxylic acids is 1. The van der Waals surface area contributed by atoms with E-state index in [4.69, 9.17) is 9.16 Å². The van der Waals surface area contributed by atoms with Gasteiger partial charge in [0.05, 0.1) is 26.5 Å². The molecule has 12 heteroatoms. The summed E-state index contributed by atoms with van der Waals surface area (Å²) < 4.78 is 83.4. The van der Waals surface area contributed by atoms with E-state index < -0.39 is 42.1 Å². The summed E-state index contributed by atoms with van der Waals surface area (Å²) in [7, 11) is -5.09. The summed E-state index contributed by atoms with van der Waals surface area (Å²) in [6.45, 7) is 4.34. The molecular weight excluding hydrogens is 419 g/mol. The van der Waals surface area contributed by atoms with Crippen molar-refractivity contribution in [2.45, 2.75) is 37.5 Å². The van der Waals surface area contributed by atoms with Crippen LogP contribution < -0.4 is 9.46 Å². The maximum absolute atomic E-state index is 14.3. The smallest absolute Gasteiger partial charge is 0.429 e. The van der Waals surface area contributed by atoms with E-state index in [0.717, 1.165) is 7.11 Å². The fourth-order valence-corrected chi connectivity index (χ4v) is 4.60. The van der Waals surface area contributed by atoms with Crippen LogP contribution >= 0.6 is 0 Å². The number of alkyl halides is 3. The minimum Gasteiger partial charge on any atom is -0.497 e. The number of ether oxygens (including phenoxy) is 2. The minimum absolute atomic E-state index is 0.146. The molecule has 0 aliphatic rings. The molecule has 0 saturated heterocycles. The SMILES string of the molecule is COC(=O)C(O[Si](C)(C)C)(C(NS(C)(=O)=O)c1ccc(OC)cc1)C(F)(F)F. The quantitative estimate of drug-likeness (QED) is 0.491. The average Bonchev–Trinajstić information content (AvgIpc) is 2.54. The molecule has 2 unspecified atom stereocenters. The molecule has 2 atom stereocenters. The van der Waals surface area contributed by atoms with Crippen LogP contribution in [-0.2, 0) is 24.0 Å². The van der Waals surface area contributed by atoms with E-state index in [1.54, 1.807) is 0 Å². The maximum Gasteiger partial charge on any atom is 0.429 e. The molecule has 0 spiro atoms. The number of esters is 1. The van der Waals surface area contributed by atoms with Gasteiger partial charge >= 0.3 is 12.1 Å². The van der Waals surface area contributed by atoms with Crippen molar-refractivity contribution in [3.05, 3.63) is 29.8 Å². The molecule has 28 heavy (non-hydrogen) atoms. The molecule has 0 aromatic heterocycles. The van der Waals surface area contributed by atoms with Gasteiger partial charge in [0.15, 0.2) is 8.32 Å². The molecule has 1 N–H and O–H groups in total. The number of sulfonamides is 1. The molecule has 0 aliphatic heterocycles. The second kappa shape index (κ2) is 8.39. The first-order valence-corrected chi connectivity index (χ1v) is 13.3. The highest BCUT2D eigenvalue weighted by molar-refractivity contribution is 7.88. The molecule has 0 saturated carbocycles. The first-order valence-electron chi connectivity index (χ1n) is 8.04. The topological polar surface area (TPSA) is 90.9 Å². The Balaban J connectivity index is 3.85. The average molecular weight is 444 g/mol. The molecule has 0 aliphatic carbocycles. The first-order chi connectivity index (χ1) is 12.6. The summed E-state index contributed by atoms with van der Waals surface area (Å²) in [6.07, 6.45) is -4.60. The van der Waals surface area contributed by atoms with E-state index in [-0.39, 0.29) is 5.56 Å². The van der Waals surface area contributed by atoms with Crippen LogP contribution in [0.2, 0.25) is 19.6 Å². The summed E-state index contributed by atoms with van der Waals surface area (Å²) in [4.78, 5) is 12.5. The number of rotatable bonds is 8. The van der Waals surface area contributed by atoms with Crippen molar-refractivity contribution in [2.75, 3.05) is 20.5 Å². The van der Waals surface area contributed by atoms with Gasteiger partial charge in [-0.2, -0.15) is 13.2 Å². The summed E-state index contributed by atoms with van der Waals surface area (Å²) in [5, 5.41) is 0. The molecule has 0 amide bonds. The number of hydrogen-bond donors (Lipinski definition) is 1. The van der Waals surface area contributed by atoms with Crippen molar-refractivity contribution in [3.8, 4) is 5.75 Å². The molecule has 1 aromatic rings. The third kappa shape index (κ3) is 5.69. The minimum atomic E-state index is -5.29. The third-order valence-corrected chi connectivity index (χ3v) is 5.16.